The number of nitrogens with zero attached hydrogens (tertiary/aromatic N) is 2. The van der Waals surface area contributed by atoms with Crippen LogP contribution in [0.25, 0.3) is 0 Å². The van der Waals surface area contributed by atoms with Crippen molar-refractivity contribution in [1.29, 1.82) is 0 Å². The molecule has 0 saturated carbocycles. The molecule has 0 aliphatic carbocycles. The van der Waals surface area contributed by atoms with Crippen molar-refractivity contribution in [2.75, 3.05) is 6.61 Å². The Morgan fingerprint density at radius 3 is 2.29 bits per heavy atom. The lowest BCUT2D eigenvalue weighted by Gasteiger charge is -2.09. The fourth-order valence-corrected chi connectivity index (χ4v) is 0.825. The zero-order valence-electron chi connectivity index (χ0n) is 10.4. The van der Waals surface area contributed by atoms with Gasteiger partial charge in [0, 0.05) is 6.07 Å². The highest BCUT2D eigenvalue weighted by atomic mass is 19.4. The SMILES string of the molecule is CC.CC(C)COc1cc(C(F)(F)F)ncn1. The Bertz CT molecular complexity index is 327. The Kier molecular flexibility index (Phi) is 6.53. The molecule has 0 saturated heterocycles. The monoisotopic (exact) mass is 250 g/mol. The average Bonchev–Trinajstić information content (AvgIpc) is 2.28. The van der Waals surface area contributed by atoms with E-state index in [2.05, 4.69) is 9.97 Å². The van der Waals surface area contributed by atoms with Crippen LogP contribution in [-0.4, -0.2) is 16.6 Å². The Hall–Kier alpha value is -1.33. The molecule has 3 nitrogen and oxygen atoms in total. The first-order chi connectivity index (χ1) is 7.89. The molecular formula is C11H17F3N2O. The maximum absolute atomic E-state index is 12.2. The molecular weight excluding hydrogens is 233 g/mol. The van der Waals surface area contributed by atoms with E-state index in [1.54, 1.807) is 0 Å². The standard InChI is InChI=1S/C9H11F3N2O.C2H6/c1-6(2)4-15-8-3-7(9(10,11)12)13-5-14-8;1-2/h3,5-6H,4H2,1-2H3;1-2H3. The van der Waals surface area contributed by atoms with Crippen LogP contribution in [0.4, 0.5) is 13.2 Å². The number of rotatable bonds is 3. The van der Waals surface area contributed by atoms with E-state index in [4.69, 9.17) is 4.74 Å². The van der Waals surface area contributed by atoms with Crippen LogP contribution in [0.2, 0.25) is 0 Å². The molecule has 1 heterocycles. The van der Waals surface area contributed by atoms with Gasteiger partial charge in [-0.15, -0.1) is 0 Å². The summed E-state index contributed by atoms with van der Waals surface area (Å²) in [6.45, 7) is 8.12. The van der Waals surface area contributed by atoms with Crippen molar-refractivity contribution in [2.45, 2.75) is 33.9 Å². The normalized spacial score (nSPS) is 10.8. The summed E-state index contributed by atoms with van der Waals surface area (Å²) in [5.74, 6) is 0.181. The zero-order chi connectivity index (χ0) is 13.5. The van der Waals surface area contributed by atoms with Gasteiger partial charge >= 0.3 is 6.18 Å². The summed E-state index contributed by atoms with van der Waals surface area (Å²) in [6, 6.07) is 0.794. The molecule has 17 heavy (non-hydrogen) atoms. The predicted octanol–water partition coefficient (Wildman–Crippen LogP) is 3.56. The van der Waals surface area contributed by atoms with E-state index < -0.39 is 11.9 Å². The van der Waals surface area contributed by atoms with Gasteiger partial charge in [-0.25, -0.2) is 9.97 Å². The third-order valence-electron chi connectivity index (χ3n) is 1.50. The number of ether oxygens (including phenoxy) is 1. The van der Waals surface area contributed by atoms with Crippen molar-refractivity contribution >= 4 is 0 Å². The van der Waals surface area contributed by atoms with Gasteiger partial charge in [0.05, 0.1) is 6.61 Å². The number of halogens is 3. The molecule has 0 radical (unpaired) electrons. The smallest absolute Gasteiger partial charge is 0.433 e. The van der Waals surface area contributed by atoms with Gasteiger partial charge in [-0.3, -0.25) is 0 Å². The first kappa shape index (κ1) is 15.7. The Balaban J connectivity index is 0.00000121. The summed E-state index contributed by atoms with van der Waals surface area (Å²) in [7, 11) is 0. The largest absolute Gasteiger partial charge is 0.477 e. The summed E-state index contributed by atoms with van der Waals surface area (Å²) < 4.78 is 41.7. The van der Waals surface area contributed by atoms with E-state index in [1.165, 1.54) is 0 Å². The van der Waals surface area contributed by atoms with Gasteiger partial charge in [-0.2, -0.15) is 13.2 Å². The summed E-state index contributed by atoms with van der Waals surface area (Å²) >= 11 is 0. The average molecular weight is 250 g/mol. The van der Waals surface area contributed by atoms with Crippen molar-refractivity contribution in [3.05, 3.63) is 18.1 Å². The van der Waals surface area contributed by atoms with Crippen LogP contribution < -0.4 is 4.74 Å². The van der Waals surface area contributed by atoms with Crippen LogP contribution >= 0.6 is 0 Å². The van der Waals surface area contributed by atoms with Crippen molar-refractivity contribution in [3.8, 4) is 5.88 Å². The van der Waals surface area contributed by atoms with Gasteiger partial charge in [-0.05, 0) is 5.92 Å². The van der Waals surface area contributed by atoms with E-state index in [-0.39, 0.29) is 11.8 Å². The van der Waals surface area contributed by atoms with Gasteiger partial charge in [0.25, 0.3) is 0 Å². The Labute approximate surface area is 99.0 Å². The molecule has 1 rings (SSSR count). The van der Waals surface area contributed by atoms with Crippen molar-refractivity contribution in [2.24, 2.45) is 5.92 Å². The van der Waals surface area contributed by atoms with Crippen LogP contribution in [0.15, 0.2) is 12.4 Å². The van der Waals surface area contributed by atoms with Crippen molar-refractivity contribution in [1.82, 2.24) is 9.97 Å². The molecule has 0 bridgehead atoms. The summed E-state index contributed by atoms with van der Waals surface area (Å²) in [4.78, 5) is 6.71. The highest BCUT2D eigenvalue weighted by Gasteiger charge is 2.33. The first-order valence-corrected chi connectivity index (χ1v) is 5.41. The minimum atomic E-state index is -4.46. The molecule has 98 valence electrons. The van der Waals surface area contributed by atoms with Crippen LogP contribution in [0.1, 0.15) is 33.4 Å². The van der Waals surface area contributed by atoms with Gasteiger partial charge in [0.1, 0.15) is 6.33 Å². The van der Waals surface area contributed by atoms with Crippen molar-refractivity contribution in [3.63, 3.8) is 0 Å². The molecule has 0 spiro atoms. The molecule has 0 aromatic carbocycles. The fraction of sp³-hybridized carbons (Fsp3) is 0.636. The summed E-state index contributed by atoms with van der Waals surface area (Å²) in [5.41, 5.74) is -0.990. The van der Waals surface area contributed by atoms with E-state index in [9.17, 15) is 13.2 Å². The predicted molar refractivity (Wildman–Crippen MR) is 58.7 cm³/mol. The van der Waals surface area contributed by atoms with Gasteiger partial charge in [0.15, 0.2) is 5.69 Å². The minimum Gasteiger partial charge on any atom is -0.477 e. The maximum Gasteiger partial charge on any atom is 0.433 e. The van der Waals surface area contributed by atoms with Gasteiger partial charge in [0.2, 0.25) is 5.88 Å². The quantitative estimate of drug-likeness (QED) is 0.822. The third-order valence-corrected chi connectivity index (χ3v) is 1.50. The lowest BCUT2D eigenvalue weighted by molar-refractivity contribution is -0.141. The summed E-state index contributed by atoms with van der Waals surface area (Å²) in [6.07, 6.45) is -3.61. The van der Waals surface area contributed by atoms with Crippen LogP contribution in [0, 0.1) is 5.92 Å². The third kappa shape index (κ3) is 6.09. The lowest BCUT2D eigenvalue weighted by Crippen LogP contribution is -2.10. The second-order valence-corrected chi connectivity index (χ2v) is 3.44. The van der Waals surface area contributed by atoms with Gasteiger partial charge < -0.3 is 4.74 Å². The molecule has 1 aromatic heterocycles. The fourth-order valence-electron chi connectivity index (χ4n) is 0.825. The molecule has 0 N–H and O–H groups in total. The Morgan fingerprint density at radius 2 is 1.82 bits per heavy atom. The summed E-state index contributed by atoms with van der Waals surface area (Å²) in [5, 5.41) is 0. The molecule has 0 aliphatic heterocycles. The van der Waals surface area contributed by atoms with E-state index in [1.807, 2.05) is 27.7 Å². The number of aromatic nitrogens is 2. The van der Waals surface area contributed by atoms with Crippen LogP contribution in [0.5, 0.6) is 5.88 Å². The zero-order valence-corrected chi connectivity index (χ0v) is 10.4. The van der Waals surface area contributed by atoms with Crippen LogP contribution in [-0.2, 0) is 6.18 Å². The number of hydrogen-bond acceptors (Lipinski definition) is 3. The molecule has 6 heteroatoms. The molecule has 1 aromatic rings. The molecule has 0 amide bonds. The van der Waals surface area contributed by atoms with Gasteiger partial charge in [-0.1, -0.05) is 27.7 Å². The first-order valence-electron chi connectivity index (χ1n) is 5.41. The van der Waals surface area contributed by atoms with E-state index in [0.29, 0.717) is 6.61 Å². The lowest BCUT2D eigenvalue weighted by atomic mass is 10.2. The number of alkyl halides is 3. The van der Waals surface area contributed by atoms with E-state index >= 15 is 0 Å². The maximum atomic E-state index is 12.2. The van der Waals surface area contributed by atoms with Crippen LogP contribution in [0.3, 0.4) is 0 Å². The highest BCUT2D eigenvalue weighted by Crippen LogP contribution is 2.28. The topological polar surface area (TPSA) is 35.0 Å². The minimum absolute atomic E-state index is 0.0500. The second kappa shape index (κ2) is 7.09. The molecule has 0 atom stereocenters. The molecule has 0 aliphatic rings. The highest BCUT2D eigenvalue weighted by molar-refractivity contribution is 5.15. The number of hydrogen-bond donors (Lipinski definition) is 0. The van der Waals surface area contributed by atoms with E-state index in [0.717, 1.165) is 12.4 Å². The Morgan fingerprint density at radius 1 is 1.24 bits per heavy atom. The molecule has 0 unspecified atom stereocenters. The molecule has 0 fully saturated rings. The second-order valence-electron chi connectivity index (χ2n) is 3.44. The van der Waals surface area contributed by atoms with Crippen molar-refractivity contribution < 1.29 is 17.9 Å².